The van der Waals surface area contributed by atoms with Gasteiger partial charge in [-0.25, -0.2) is 14.8 Å². The third-order valence-electron chi connectivity index (χ3n) is 13.9. The number of aromatic nitrogens is 6. The first-order valence-electron chi connectivity index (χ1n) is 22.8. The van der Waals surface area contributed by atoms with Crippen LogP contribution in [0.25, 0.3) is 11.3 Å². The Morgan fingerprint density at radius 2 is 0.968 bits per heavy atom. The first kappa shape index (κ1) is 40.2. The summed E-state index contributed by atoms with van der Waals surface area (Å²) in [6.45, 7) is 5.69. The maximum Gasteiger partial charge on any atom is 0.321 e. The molecule has 6 heterocycles. The number of carbonyl (C=O) groups excluding carboxylic acids is 1. The van der Waals surface area contributed by atoms with Gasteiger partial charge in [-0.05, 0) is 126 Å². The molecule has 15 nitrogen and oxygen atoms in total. The number of likely N-dealkylation sites (tertiary alicyclic amines) is 2. The summed E-state index contributed by atoms with van der Waals surface area (Å²) in [6, 6.07) is 22.5. The van der Waals surface area contributed by atoms with Crippen molar-refractivity contribution in [2.75, 3.05) is 34.4 Å². The highest BCUT2D eigenvalue weighted by Crippen LogP contribution is 2.39. The van der Waals surface area contributed by atoms with Gasteiger partial charge in [-0.1, -0.05) is 24.3 Å². The van der Waals surface area contributed by atoms with Gasteiger partial charge in [0, 0.05) is 71.9 Å². The zero-order chi connectivity index (χ0) is 42.3. The molecule has 324 valence electrons. The largest absolute Gasteiger partial charge is 0.367 e. The molecule has 2 aliphatic heterocycles. The zero-order valence-electron chi connectivity index (χ0n) is 35.9. The van der Waals surface area contributed by atoms with Crippen LogP contribution in [0.1, 0.15) is 111 Å². The third-order valence-corrected chi connectivity index (χ3v) is 13.9. The lowest BCUT2D eigenvalue weighted by Crippen LogP contribution is -2.42. The molecule has 0 spiro atoms. The second-order valence-electron chi connectivity index (χ2n) is 18.1. The van der Waals surface area contributed by atoms with Crippen LogP contribution in [0.3, 0.4) is 0 Å². The van der Waals surface area contributed by atoms with Crippen LogP contribution in [0.5, 0.6) is 0 Å². The van der Waals surface area contributed by atoms with Crippen LogP contribution in [-0.4, -0.2) is 82.3 Å². The Morgan fingerprint density at radius 3 is 1.37 bits per heavy atom. The number of hydrogen-bond acceptors (Lipinski definition) is 11. The molecule has 8 N–H and O–H groups in total. The number of fused-ring (bicyclic) bond motifs is 2. The van der Waals surface area contributed by atoms with Crippen LogP contribution in [0.4, 0.5) is 39.4 Å². The molecule has 2 saturated heterocycles. The highest BCUT2D eigenvalue weighted by atomic mass is 16.2. The fraction of sp³-hybridized carbons (Fsp3) is 0.468. The van der Waals surface area contributed by atoms with Crippen molar-refractivity contribution < 1.29 is 4.79 Å². The van der Waals surface area contributed by atoms with Crippen molar-refractivity contribution in [1.29, 1.82) is 0 Å². The van der Waals surface area contributed by atoms with Crippen LogP contribution in [0.15, 0.2) is 73.1 Å². The van der Waals surface area contributed by atoms with Crippen molar-refractivity contribution in [2.24, 2.45) is 11.5 Å². The molecule has 2 saturated carbocycles. The van der Waals surface area contributed by atoms with Gasteiger partial charge in [0.05, 0.1) is 24.5 Å². The second kappa shape index (κ2) is 17.1. The van der Waals surface area contributed by atoms with Gasteiger partial charge in [0.25, 0.3) is 0 Å². The van der Waals surface area contributed by atoms with Gasteiger partial charge in [-0.3, -0.25) is 0 Å². The van der Waals surface area contributed by atoms with Gasteiger partial charge < -0.3 is 42.5 Å². The molecule has 2 unspecified atom stereocenters. The number of hydrogen-bond donors (Lipinski definition) is 6. The summed E-state index contributed by atoms with van der Waals surface area (Å²) in [5, 5.41) is 23.9. The van der Waals surface area contributed by atoms with E-state index in [1.165, 1.54) is 0 Å². The van der Waals surface area contributed by atoms with Gasteiger partial charge in [0.15, 0.2) is 11.3 Å². The summed E-state index contributed by atoms with van der Waals surface area (Å²) in [5.41, 5.74) is 20.2. The number of amides is 2. The van der Waals surface area contributed by atoms with E-state index in [1.54, 1.807) is 12.4 Å². The lowest BCUT2D eigenvalue weighted by molar-refractivity contribution is 0.143. The summed E-state index contributed by atoms with van der Waals surface area (Å²) < 4.78 is 3.73. The number of urea groups is 1. The normalized spacial score (nSPS) is 24.2. The lowest BCUT2D eigenvalue weighted by atomic mass is 9.92. The highest BCUT2D eigenvalue weighted by molar-refractivity contribution is 5.77. The second-order valence-corrected chi connectivity index (χ2v) is 18.1. The van der Waals surface area contributed by atoms with Crippen molar-refractivity contribution in [3.05, 3.63) is 95.3 Å². The molecule has 0 bridgehead atoms. The van der Waals surface area contributed by atoms with Crippen molar-refractivity contribution in [3.63, 3.8) is 0 Å². The van der Waals surface area contributed by atoms with E-state index < -0.39 is 0 Å². The van der Waals surface area contributed by atoms with Gasteiger partial charge in [-0.2, -0.15) is 19.2 Å². The molecule has 10 rings (SSSR count). The predicted octanol–water partition coefficient (Wildman–Crippen LogP) is 8.33. The molecular weight excluding hydrogens is 777 g/mol. The molecule has 6 aromatic rings. The fourth-order valence-electron chi connectivity index (χ4n) is 10.2. The minimum atomic E-state index is 0.0297. The summed E-state index contributed by atoms with van der Waals surface area (Å²) in [4.78, 5) is 28.5. The van der Waals surface area contributed by atoms with Crippen molar-refractivity contribution in [2.45, 2.75) is 127 Å². The molecule has 2 amide bonds. The molecule has 4 aliphatic rings. The molecule has 2 aliphatic carbocycles. The predicted molar refractivity (Wildman–Crippen MR) is 245 cm³/mol. The highest BCUT2D eigenvalue weighted by Gasteiger charge is 2.38. The van der Waals surface area contributed by atoms with Gasteiger partial charge in [0.2, 0.25) is 0 Å². The summed E-state index contributed by atoms with van der Waals surface area (Å²) >= 11 is 0. The van der Waals surface area contributed by atoms with E-state index in [1.807, 2.05) is 21.2 Å². The van der Waals surface area contributed by atoms with E-state index in [0.717, 1.165) is 158 Å². The molecule has 0 radical (unpaired) electrons. The molecule has 2 aromatic carbocycles. The first-order valence-corrected chi connectivity index (χ1v) is 22.8. The Balaban J connectivity index is 0.811. The van der Waals surface area contributed by atoms with E-state index in [-0.39, 0.29) is 18.1 Å². The monoisotopic (exact) mass is 837 g/mol. The molecule has 4 aromatic heterocycles. The topological polar surface area (TPSA) is 184 Å². The van der Waals surface area contributed by atoms with Crippen molar-refractivity contribution in [1.82, 2.24) is 39.0 Å². The average Bonchev–Trinajstić information content (AvgIpc) is 4.14. The lowest BCUT2D eigenvalue weighted by Gasteiger charge is -2.33. The molecule has 15 heteroatoms. The maximum atomic E-state index is 14.5. The number of benzene rings is 2. The number of anilines is 6. The molecule has 62 heavy (non-hydrogen) atoms. The van der Waals surface area contributed by atoms with Crippen molar-refractivity contribution in [3.8, 4) is 0 Å². The first-order chi connectivity index (χ1) is 30.3. The minimum Gasteiger partial charge on any atom is -0.367 e. The minimum absolute atomic E-state index is 0.0297. The molecule has 2 atom stereocenters. The molecular formula is C47H60N14O. The Kier molecular flexibility index (Phi) is 11.1. The van der Waals surface area contributed by atoms with E-state index in [2.05, 4.69) is 104 Å². The van der Waals surface area contributed by atoms with Crippen LogP contribution in [-0.2, 0) is 0 Å². The number of nitrogens with two attached hydrogens (primary N) is 2. The zero-order valence-corrected chi connectivity index (χ0v) is 35.9. The Bertz CT molecular complexity index is 2340. The van der Waals surface area contributed by atoms with Crippen LogP contribution in [0, 0.1) is 13.8 Å². The van der Waals surface area contributed by atoms with E-state index in [0.29, 0.717) is 24.2 Å². The Labute approximate surface area is 363 Å². The maximum absolute atomic E-state index is 14.5. The number of nitrogens with zero attached hydrogens (tertiary/aromatic N) is 8. The van der Waals surface area contributed by atoms with Gasteiger partial charge in [-0.15, -0.1) is 0 Å². The number of carbonyl (C=O) groups is 1. The van der Waals surface area contributed by atoms with Crippen LogP contribution >= 0.6 is 0 Å². The van der Waals surface area contributed by atoms with Crippen LogP contribution < -0.4 is 32.7 Å². The van der Waals surface area contributed by atoms with E-state index >= 15 is 0 Å². The smallest absolute Gasteiger partial charge is 0.321 e. The van der Waals surface area contributed by atoms with Crippen LogP contribution in [0.2, 0.25) is 0 Å². The third kappa shape index (κ3) is 7.99. The van der Waals surface area contributed by atoms with E-state index in [4.69, 9.17) is 21.4 Å². The Morgan fingerprint density at radius 1 is 0.565 bits per heavy atom. The van der Waals surface area contributed by atoms with Crippen molar-refractivity contribution >= 4 is 52.0 Å². The number of rotatable bonds is 10. The van der Waals surface area contributed by atoms with Gasteiger partial charge in [0.1, 0.15) is 23.3 Å². The SMILES string of the molecule is Cc1c(NC2CCC(N)CC2)nc2ccnn2c1Nc1ccc(C2CCCN2C(=O)N2CCCC2c2ccc(Nc3c(C)c(NC4CCC(N)CC4)nc4ccnn34)cc2)cc1. The summed E-state index contributed by atoms with van der Waals surface area (Å²) in [6.07, 6.45) is 15.7. The van der Waals surface area contributed by atoms with Gasteiger partial charge >= 0.3 is 6.03 Å². The standard InChI is InChI=1S/C47H60N14O/c1-29-43(52-35-19-11-33(48)12-20-35)56-41-23-25-50-60(41)45(29)54-37-15-7-31(8-16-37)39-5-3-27-58(39)47(62)59-28-4-6-40(59)32-9-17-38(18-10-32)55-46-30(2)44(57-42-24-26-51-61(42)46)53-36-21-13-34(49)14-22-36/h7-10,15-18,23-26,33-36,39-40,54-55H,3-6,11-14,19-22,27-28,48-49H2,1-2H3,(H,52,56)(H,53,57). The number of nitrogens with one attached hydrogen (secondary N) is 4. The fourth-order valence-corrected chi connectivity index (χ4v) is 10.2. The molecule has 4 fully saturated rings. The quantitative estimate of drug-likeness (QED) is 0.0780. The average molecular weight is 837 g/mol. The Hall–Kier alpha value is -5.93. The summed E-state index contributed by atoms with van der Waals surface area (Å²) in [5.74, 6) is 3.53. The van der Waals surface area contributed by atoms with E-state index in [9.17, 15) is 4.79 Å². The summed E-state index contributed by atoms with van der Waals surface area (Å²) in [7, 11) is 0.